The van der Waals surface area contributed by atoms with E-state index >= 15 is 0 Å². The third kappa shape index (κ3) is 3.82. The molecule has 1 aromatic carbocycles. The van der Waals surface area contributed by atoms with Gasteiger partial charge in [-0.3, -0.25) is 0 Å². The molecule has 0 radical (unpaired) electrons. The molecule has 0 spiro atoms. The zero-order valence-corrected chi connectivity index (χ0v) is 11.6. The highest BCUT2D eigenvalue weighted by Gasteiger charge is 2.19. The Morgan fingerprint density at radius 1 is 1.28 bits per heavy atom. The van der Waals surface area contributed by atoms with Crippen molar-refractivity contribution in [3.8, 4) is 0 Å². The number of aryl methyl sites for hydroxylation is 2. The number of aliphatic hydroxyl groups excluding tert-OH is 1. The Kier molecular flexibility index (Phi) is 4.79. The lowest BCUT2D eigenvalue weighted by molar-refractivity contribution is 0.101. The first kappa shape index (κ1) is 13.6. The minimum absolute atomic E-state index is 0.0633. The Labute approximate surface area is 110 Å². The molecule has 2 atom stereocenters. The highest BCUT2D eigenvalue weighted by molar-refractivity contribution is 5.30. The molecule has 2 rings (SSSR count). The maximum Gasteiger partial charge on any atom is 0.0543 e. The van der Waals surface area contributed by atoms with Crippen molar-refractivity contribution < 1.29 is 5.11 Å². The second-order valence-electron chi connectivity index (χ2n) is 5.75. The molecule has 1 aromatic rings. The van der Waals surface area contributed by atoms with Crippen LogP contribution in [0.3, 0.4) is 0 Å². The van der Waals surface area contributed by atoms with Gasteiger partial charge in [0.2, 0.25) is 0 Å². The summed E-state index contributed by atoms with van der Waals surface area (Å²) in [7, 11) is 0. The van der Waals surface area contributed by atoms with Crippen LogP contribution < -0.4 is 5.32 Å². The molecule has 0 aliphatic heterocycles. The van der Waals surface area contributed by atoms with Gasteiger partial charge in [0.1, 0.15) is 0 Å². The van der Waals surface area contributed by atoms with E-state index in [0.29, 0.717) is 5.92 Å². The molecular weight excluding hydrogens is 222 g/mol. The monoisotopic (exact) mass is 247 g/mol. The molecule has 100 valence electrons. The summed E-state index contributed by atoms with van der Waals surface area (Å²) in [5.74, 6) is 0.652. The summed E-state index contributed by atoms with van der Waals surface area (Å²) in [5.41, 5.74) is 4.08. The molecule has 18 heavy (non-hydrogen) atoms. The zero-order valence-electron chi connectivity index (χ0n) is 11.6. The van der Waals surface area contributed by atoms with Gasteiger partial charge in [0.15, 0.2) is 0 Å². The van der Waals surface area contributed by atoms with Crippen LogP contribution in [0.2, 0.25) is 0 Å². The lowest BCUT2D eigenvalue weighted by Gasteiger charge is -2.26. The number of aliphatic hydroxyl groups is 1. The van der Waals surface area contributed by atoms with Crippen molar-refractivity contribution >= 4 is 0 Å². The molecule has 1 aliphatic carbocycles. The fourth-order valence-corrected chi connectivity index (χ4v) is 2.90. The topological polar surface area (TPSA) is 32.3 Å². The molecule has 0 bridgehead atoms. The van der Waals surface area contributed by atoms with Crippen LogP contribution in [0.25, 0.3) is 0 Å². The summed E-state index contributed by atoms with van der Waals surface area (Å²) in [6, 6.07) is 6.63. The van der Waals surface area contributed by atoms with Crippen LogP contribution in [0.5, 0.6) is 0 Å². The molecule has 0 heterocycles. The number of hydrogen-bond acceptors (Lipinski definition) is 2. The van der Waals surface area contributed by atoms with Crippen LogP contribution in [0.1, 0.15) is 42.4 Å². The average molecular weight is 247 g/mol. The van der Waals surface area contributed by atoms with E-state index in [0.717, 1.165) is 25.9 Å². The van der Waals surface area contributed by atoms with Gasteiger partial charge in [-0.15, -0.1) is 0 Å². The van der Waals surface area contributed by atoms with Crippen LogP contribution >= 0.6 is 0 Å². The van der Waals surface area contributed by atoms with Gasteiger partial charge in [0, 0.05) is 6.54 Å². The summed E-state index contributed by atoms with van der Waals surface area (Å²) in [6.45, 7) is 6.28. The van der Waals surface area contributed by atoms with Crippen molar-refractivity contribution in [1.82, 2.24) is 5.32 Å². The predicted molar refractivity (Wildman–Crippen MR) is 75.6 cm³/mol. The van der Waals surface area contributed by atoms with Gasteiger partial charge >= 0.3 is 0 Å². The van der Waals surface area contributed by atoms with Crippen LogP contribution in [0.15, 0.2) is 18.2 Å². The van der Waals surface area contributed by atoms with E-state index in [1.807, 2.05) is 0 Å². The van der Waals surface area contributed by atoms with E-state index in [-0.39, 0.29) is 6.10 Å². The molecule has 0 aromatic heterocycles. The molecule has 2 N–H and O–H groups in total. The number of benzene rings is 1. The normalized spacial score (nSPS) is 24.2. The first-order valence-electron chi connectivity index (χ1n) is 7.10. The minimum Gasteiger partial charge on any atom is -0.393 e. The van der Waals surface area contributed by atoms with Gasteiger partial charge in [-0.25, -0.2) is 0 Å². The third-order valence-corrected chi connectivity index (χ3v) is 4.00. The molecule has 2 unspecified atom stereocenters. The lowest BCUT2D eigenvalue weighted by atomic mass is 9.87. The highest BCUT2D eigenvalue weighted by Crippen LogP contribution is 2.23. The summed E-state index contributed by atoms with van der Waals surface area (Å²) in [6.07, 6.45) is 4.34. The smallest absolute Gasteiger partial charge is 0.0543 e. The first-order valence-corrected chi connectivity index (χ1v) is 7.10. The Balaban J connectivity index is 1.77. The maximum atomic E-state index is 9.64. The quantitative estimate of drug-likeness (QED) is 0.857. The van der Waals surface area contributed by atoms with E-state index in [1.165, 1.54) is 29.5 Å². The third-order valence-electron chi connectivity index (χ3n) is 4.00. The van der Waals surface area contributed by atoms with E-state index < -0.39 is 0 Å². The molecule has 2 heteroatoms. The van der Waals surface area contributed by atoms with E-state index in [4.69, 9.17) is 0 Å². The van der Waals surface area contributed by atoms with Crippen LogP contribution in [-0.4, -0.2) is 17.8 Å². The Morgan fingerprint density at radius 3 is 2.83 bits per heavy atom. The molecule has 1 aliphatic rings. The van der Waals surface area contributed by atoms with Gasteiger partial charge in [-0.1, -0.05) is 30.2 Å². The second-order valence-corrected chi connectivity index (χ2v) is 5.75. The van der Waals surface area contributed by atoms with Gasteiger partial charge < -0.3 is 10.4 Å². The van der Waals surface area contributed by atoms with E-state index in [1.54, 1.807) is 0 Å². The van der Waals surface area contributed by atoms with Crippen molar-refractivity contribution in [2.45, 2.75) is 52.2 Å². The number of hydrogen-bond donors (Lipinski definition) is 2. The molecule has 2 nitrogen and oxygen atoms in total. The van der Waals surface area contributed by atoms with Crippen molar-refractivity contribution in [3.05, 3.63) is 34.9 Å². The van der Waals surface area contributed by atoms with Gasteiger partial charge in [0.25, 0.3) is 0 Å². The zero-order chi connectivity index (χ0) is 13.0. The summed E-state index contributed by atoms with van der Waals surface area (Å²) in [4.78, 5) is 0. The SMILES string of the molecule is Cc1ccc(CNCC2CCCC(O)C2)c(C)c1. The van der Waals surface area contributed by atoms with Crippen LogP contribution in [-0.2, 0) is 6.54 Å². The standard InChI is InChI=1S/C16H25NO/c1-12-6-7-15(13(2)8-12)11-17-10-14-4-3-5-16(18)9-14/h6-8,14,16-18H,3-5,9-11H2,1-2H3. The van der Waals surface area contributed by atoms with Crippen LogP contribution in [0, 0.1) is 19.8 Å². The average Bonchev–Trinajstić information content (AvgIpc) is 2.32. The van der Waals surface area contributed by atoms with Gasteiger partial charge in [-0.05, 0) is 56.7 Å². The lowest BCUT2D eigenvalue weighted by Crippen LogP contribution is -2.29. The molecule has 1 saturated carbocycles. The molecule has 0 amide bonds. The largest absolute Gasteiger partial charge is 0.393 e. The molecule has 1 fully saturated rings. The first-order chi connectivity index (χ1) is 8.65. The van der Waals surface area contributed by atoms with Crippen LogP contribution in [0.4, 0.5) is 0 Å². The van der Waals surface area contributed by atoms with Gasteiger partial charge in [-0.2, -0.15) is 0 Å². The predicted octanol–water partition coefficient (Wildman–Crippen LogP) is 2.94. The molecular formula is C16H25NO. The fourth-order valence-electron chi connectivity index (χ4n) is 2.90. The summed E-state index contributed by atoms with van der Waals surface area (Å²) in [5, 5.41) is 13.2. The minimum atomic E-state index is -0.0633. The fraction of sp³-hybridized carbons (Fsp3) is 0.625. The van der Waals surface area contributed by atoms with E-state index in [2.05, 4.69) is 37.4 Å². The van der Waals surface area contributed by atoms with E-state index in [9.17, 15) is 5.11 Å². The Bertz CT molecular complexity index is 389. The Hall–Kier alpha value is -0.860. The number of rotatable bonds is 4. The molecule has 0 saturated heterocycles. The summed E-state index contributed by atoms with van der Waals surface area (Å²) < 4.78 is 0. The summed E-state index contributed by atoms with van der Waals surface area (Å²) >= 11 is 0. The Morgan fingerprint density at radius 2 is 2.11 bits per heavy atom. The maximum absolute atomic E-state index is 9.64. The second kappa shape index (κ2) is 6.35. The van der Waals surface area contributed by atoms with Crippen molar-refractivity contribution in [1.29, 1.82) is 0 Å². The van der Waals surface area contributed by atoms with Crippen molar-refractivity contribution in [2.75, 3.05) is 6.54 Å². The van der Waals surface area contributed by atoms with Gasteiger partial charge in [0.05, 0.1) is 6.10 Å². The van der Waals surface area contributed by atoms with Crippen molar-refractivity contribution in [3.63, 3.8) is 0 Å². The highest BCUT2D eigenvalue weighted by atomic mass is 16.3. The number of nitrogens with one attached hydrogen (secondary N) is 1. The van der Waals surface area contributed by atoms with Crippen molar-refractivity contribution in [2.24, 2.45) is 5.92 Å².